The molecule has 100 valence electrons. The highest BCUT2D eigenvalue weighted by molar-refractivity contribution is 9.10. The molecule has 0 aliphatic heterocycles. The molecule has 0 saturated heterocycles. The fraction of sp³-hybridized carbons (Fsp3) is 0.231. The first-order chi connectivity index (χ1) is 9.04. The number of methoxy groups -OCH3 is 1. The molecular weight excluding hydrogens is 315 g/mol. The van der Waals surface area contributed by atoms with Crippen molar-refractivity contribution in [2.75, 3.05) is 7.11 Å². The second-order valence-corrected chi connectivity index (χ2v) is 4.91. The summed E-state index contributed by atoms with van der Waals surface area (Å²) in [6.45, 7) is 0. The Labute approximate surface area is 117 Å². The van der Waals surface area contributed by atoms with Crippen molar-refractivity contribution in [3.63, 3.8) is 0 Å². The number of benzene rings is 1. The van der Waals surface area contributed by atoms with E-state index in [1.165, 1.54) is 13.2 Å². The molecule has 0 radical (unpaired) electrons. The highest BCUT2D eigenvalue weighted by Gasteiger charge is 2.19. The molecule has 0 spiro atoms. The first-order valence-electron chi connectivity index (χ1n) is 5.59. The van der Waals surface area contributed by atoms with E-state index in [1.54, 1.807) is 18.3 Å². The molecule has 0 amide bonds. The number of halogens is 2. The van der Waals surface area contributed by atoms with Gasteiger partial charge in [0.05, 0.1) is 12.6 Å². The third kappa shape index (κ3) is 2.74. The molecule has 1 unspecified atom stereocenters. The number of carbonyl (C=O) groups excluding carboxylic acids is 1. The van der Waals surface area contributed by atoms with E-state index in [2.05, 4.69) is 25.7 Å². The zero-order valence-corrected chi connectivity index (χ0v) is 11.8. The van der Waals surface area contributed by atoms with Gasteiger partial charge in [0.15, 0.2) is 0 Å². The van der Waals surface area contributed by atoms with Crippen molar-refractivity contribution in [2.45, 2.75) is 12.5 Å². The van der Waals surface area contributed by atoms with Crippen LogP contribution in [0.5, 0.6) is 0 Å². The predicted molar refractivity (Wildman–Crippen MR) is 73.1 cm³/mol. The van der Waals surface area contributed by atoms with Gasteiger partial charge in [0, 0.05) is 22.5 Å². The van der Waals surface area contributed by atoms with E-state index in [0.29, 0.717) is 20.9 Å². The van der Waals surface area contributed by atoms with Crippen LogP contribution in [0.2, 0.25) is 0 Å². The van der Waals surface area contributed by atoms with E-state index < -0.39 is 17.8 Å². The Morgan fingerprint density at radius 1 is 1.63 bits per heavy atom. The van der Waals surface area contributed by atoms with E-state index in [-0.39, 0.29) is 6.42 Å². The number of esters is 1. The van der Waals surface area contributed by atoms with Gasteiger partial charge in [0.2, 0.25) is 0 Å². The van der Waals surface area contributed by atoms with Gasteiger partial charge in [-0.15, -0.1) is 0 Å². The normalized spacial score (nSPS) is 12.4. The standard InChI is InChI=1S/C13H12BrFN2O2/c1-19-13(18)11(16)5-8-7-3-2-4-17-12(7)9(14)6-10(8)15/h2-4,6,11H,5,16H2,1H3. The van der Waals surface area contributed by atoms with Crippen LogP contribution < -0.4 is 5.73 Å². The second kappa shape index (κ2) is 5.63. The molecule has 1 aromatic carbocycles. The summed E-state index contributed by atoms with van der Waals surface area (Å²) in [4.78, 5) is 15.5. The number of pyridine rings is 1. The number of nitrogens with two attached hydrogens (primary N) is 1. The number of hydrogen-bond acceptors (Lipinski definition) is 4. The lowest BCUT2D eigenvalue weighted by atomic mass is 10.0. The van der Waals surface area contributed by atoms with Crippen molar-refractivity contribution in [3.8, 4) is 0 Å². The summed E-state index contributed by atoms with van der Waals surface area (Å²) in [6, 6.07) is 3.88. The molecule has 0 aliphatic rings. The zero-order valence-electron chi connectivity index (χ0n) is 10.2. The molecule has 19 heavy (non-hydrogen) atoms. The van der Waals surface area contributed by atoms with Crippen molar-refractivity contribution in [2.24, 2.45) is 5.73 Å². The minimum atomic E-state index is -0.899. The largest absolute Gasteiger partial charge is 0.468 e. The van der Waals surface area contributed by atoms with E-state index in [0.717, 1.165) is 0 Å². The van der Waals surface area contributed by atoms with Gasteiger partial charge in [0.25, 0.3) is 0 Å². The maximum absolute atomic E-state index is 14.0. The molecule has 0 saturated carbocycles. The molecule has 1 heterocycles. The number of carbonyl (C=O) groups is 1. The van der Waals surface area contributed by atoms with Crippen LogP contribution in [0.25, 0.3) is 10.9 Å². The summed E-state index contributed by atoms with van der Waals surface area (Å²) in [5.41, 5.74) is 6.68. The molecule has 2 aromatic rings. The summed E-state index contributed by atoms with van der Waals surface area (Å²) in [5.74, 6) is -0.994. The topological polar surface area (TPSA) is 65.2 Å². The second-order valence-electron chi connectivity index (χ2n) is 4.05. The minimum absolute atomic E-state index is 0.0635. The van der Waals surface area contributed by atoms with Crippen LogP contribution in [0.3, 0.4) is 0 Å². The Morgan fingerprint density at radius 3 is 3.05 bits per heavy atom. The van der Waals surface area contributed by atoms with Crippen molar-refractivity contribution < 1.29 is 13.9 Å². The first-order valence-corrected chi connectivity index (χ1v) is 6.39. The van der Waals surface area contributed by atoms with E-state index in [1.807, 2.05) is 0 Å². The molecular formula is C13H12BrFN2O2. The number of fused-ring (bicyclic) bond motifs is 1. The summed E-state index contributed by atoms with van der Waals surface area (Å²) in [7, 11) is 1.25. The molecule has 6 heteroatoms. The fourth-order valence-corrected chi connectivity index (χ4v) is 2.41. The molecule has 1 aromatic heterocycles. The van der Waals surface area contributed by atoms with Gasteiger partial charge >= 0.3 is 5.97 Å². The van der Waals surface area contributed by atoms with Crippen molar-refractivity contribution in [1.29, 1.82) is 0 Å². The Kier molecular flexibility index (Phi) is 4.11. The summed E-state index contributed by atoms with van der Waals surface area (Å²) in [6.07, 6.45) is 1.68. The minimum Gasteiger partial charge on any atom is -0.468 e. The Balaban J connectivity index is 2.51. The van der Waals surface area contributed by atoms with Crippen molar-refractivity contribution >= 4 is 32.8 Å². The van der Waals surface area contributed by atoms with Crippen LogP contribution in [0, 0.1) is 5.82 Å². The van der Waals surface area contributed by atoms with Gasteiger partial charge in [0.1, 0.15) is 11.9 Å². The lowest BCUT2D eigenvalue weighted by molar-refractivity contribution is -0.142. The maximum Gasteiger partial charge on any atom is 0.322 e. The SMILES string of the molecule is COC(=O)C(N)Cc1c(F)cc(Br)c2ncccc12. The smallest absolute Gasteiger partial charge is 0.322 e. The van der Waals surface area contributed by atoms with Gasteiger partial charge in [-0.05, 0) is 33.6 Å². The average molecular weight is 327 g/mol. The van der Waals surface area contributed by atoms with E-state index in [4.69, 9.17) is 5.73 Å². The quantitative estimate of drug-likeness (QED) is 0.878. The molecule has 1 atom stereocenters. The van der Waals surface area contributed by atoms with Crippen LogP contribution in [0.4, 0.5) is 4.39 Å². The molecule has 4 nitrogen and oxygen atoms in total. The van der Waals surface area contributed by atoms with E-state index in [9.17, 15) is 9.18 Å². The summed E-state index contributed by atoms with van der Waals surface area (Å²) < 4.78 is 19.2. The van der Waals surface area contributed by atoms with Crippen molar-refractivity contribution in [1.82, 2.24) is 4.98 Å². The zero-order chi connectivity index (χ0) is 14.0. The predicted octanol–water partition coefficient (Wildman–Crippen LogP) is 2.18. The number of rotatable bonds is 3. The van der Waals surface area contributed by atoms with Gasteiger partial charge in [-0.2, -0.15) is 0 Å². The van der Waals surface area contributed by atoms with Crippen LogP contribution in [-0.2, 0) is 16.0 Å². The first kappa shape index (κ1) is 13.9. The molecule has 2 rings (SSSR count). The number of ether oxygens (including phenoxy) is 1. The average Bonchev–Trinajstić information content (AvgIpc) is 2.42. The van der Waals surface area contributed by atoms with Gasteiger partial charge in [-0.3, -0.25) is 9.78 Å². The fourth-order valence-electron chi connectivity index (χ4n) is 1.90. The molecule has 0 bridgehead atoms. The Morgan fingerprint density at radius 2 is 2.37 bits per heavy atom. The monoisotopic (exact) mass is 326 g/mol. The van der Waals surface area contributed by atoms with Crippen LogP contribution in [0.1, 0.15) is 5.56 Å². The third-order valence-corrected chi connectivity index (χ3v) is 3.43. The number of nitrogens with zero attached hydrogens (tertiary/aromatic N) is 1. The van der Waals surface area contributed by atoms with Crippen LogP contribution >= 0.6 is 15.9 Å². The van der Waals surface area contributed by atoms with Gasteiger partial charge in [-0.25, -0.2) is 4.39 Å². The summed E-state index contributed by atoms with van der Waals surface area (Å²) >= 11 is 3.27. The summed E-state index contributed by atoms with van der Waals surface area (Å²) in [5, 5.41) is 0.633. The Hall–Kier alpha value is -1.53. The van der Waals surface area contributed by atoms with Crippen LogP contribution in [-0.4, -0.2) is 24.1 Å². The van der Waals surface area contributed by atoms with Crippen LogP contribution in [0.15, 0.2) is 28.9 Å². The Bertz CT molecular complexity index is 633. The lowest BCUT2D eigenvalue weighted by Gasteiger charge is -2.13. The molecule has 0 aliphatic carbocycles. The highest BCUT2D eigenvalue weighted by atomic mass is 79.9. The maximum atomic E-state index is 14.0. The highest BCUT2D eigenvalue weighted by Crippen LogP contribution is 2.28. The number of aromatic nitrogens is 1. The number of hydrogen-bond donors (Lipinski definition) is 1. The van der Waals surface area contributed by atoms with Gasteiger partial charge in [-0.1, -0.05) is 6.07 Å². The van der Waals surface area contributed by atoms with E-state index >= 15 is 0 Å². The lowest BCUT2D eigenvalue weighted by Crippen LogP contribution is -2.34. The molecule has 2 N–H and O–H groups in total. The van der Waals surface area contributed by atoms with Gasteiger partial charge < -0.3 is 10.5 Å². The third-order valence-electron chi connectivity index (χ3n) is 2.83. The van der Waals surface area contributed by atoms with Crippen molar-refractivity contribution in [3.05, 3.63) is 40.2 Å². The molecule has 0 fully saturated rings.